The van der Waals surface area contributed by atoms with Gasteiger partial charge in [-0.05, 0) is 76.3 Å². The third kappa shape index (κ3) is 28.6. The molecule has 0 aliphatic carbocycles. The predicted octanol–water partition coefficient (Wildman–Crippen LogP) is 6.26. The summed E-state index contributed by atoms with van der Waals surface area (Å²) in [5.41, 5.74) is -3.22. The highest BCUT2D eigenvalue weighted by Crippen LogP contribution is 2.46. The number of aromatic nitrogens is 1. The lowest BCUT2D eigenvalue weighted by atomic mass is 9.65. The van der Waals surface area contributed by atoms with Crippen LogP contribution in [0.25, 0.3) is 0 Å². The van der Waals surface area contributed by atoms with E-state index in [1.807, 2.05) is 32.0 Å². The smallest absolute Gasteiger partial charge is 0.311 e. The van der Waals surface area contributed by atoms with Crippen molar-refractivity contribution in [1.82, 2.24) is 4.98 Å². The molecule has 62 heavy (non-hydrogen) atoms. The third-order valence-electron chi connectivity index (χ3n) is 9.34. The molecule has 18 heteroatoms. The van der Waals surface area contributed by atoms with Gasteiger partial charge in [-0.2, -0.15) is 0 Å². The van der Waals surface area contributed by atoms with E-state index in [2.05, 4.69) is 4.98 Å². The van der Waals surface area contributed by atoms with Crippen LogP contribution in [0.15, 0.2) is 29.4 Å². The molecule has 0 radical (unpaired) electrons. The first kappa shape index (κ1) is 57.9. The van der Waals surface area contributed by atoms with Crippen molar-refractivity contribution in [3.8, 4) is 0 Å². The van der Waals surface area contributed by atoms with Crippen LogP contribution in [-0.4, -0.2) is 168 Å². The van der Waals surface area contributed by atoms with Gasteiger partial charge in [-0.25, -0.2) is 4.98 Å². The number of methoxy groups -OCH3 is 1. The lowest BCUT2D eigenvalue weighted by Gasteiger charge is -2.39. The van der Waals surface area contributed by atoms with Crippen molar-refractivity contribution in [2.75, 3.05) is 145 Å². The number of pyridine rings is 1. The molecular weight excluding hydrogens is 847 g/mol. The second kappa shape index (κ2) is 37.2. The van der Waals surface area contributed by atoms with Gasteiger partial charge in [0, 0.05) is 19.1 Å². The van der Waals surface area contributed by atoms with Crippen molar-refractivity contribution in [1.29, 1.82) is 0 Å². The summed E-state index contributed by atoms with van der Waals surface area (Å²) in [7, 11) is 4.69. The van der Waals surface area contributed by atoms with Crippen LogP contribution < -0.4 is 0 Å². The number of carbonyl (C=O) groups excluding carboxylic acids is 3. The van der Waals surface area contributed by atoms with E-state index >= 15 is 0 Å². The van der Waals surface area contributed by atoms with Gasteiger partial charge in [0.2, 0.25) is 0 Å². The molecule has 0 saturated heterocycles. The second-order valence-electron chi connectivity index (χ2n) is 15.4. The van der Waals surface area contributed by atoms with Crippen LogP contribution in [0.2, 0.25) is 0 Å². The molecule has 0 fully saturated rings. The van der Waals surface area contributed by atoms with Gasteiger partial charge < -0.3 is 56.8 Å². The fourth-order valence-corrected chi connectivity index (χ4v) is 7.66. The van der Waals surface area contributed by atoms with Crippen LogP contribution in [0.1, 0.15) is 73.6 Å². The molecule has 2 unspecified atom stereocenters. The fraction of sp³-hybridized carbons (Fsp3) is 0.818. The summed E-state index contributed by atoms with van der Waals surface area (Å²) in [6, 6.07) is 5.69. The maximum Gasteiger partial charge on any atom is 0.311 e. The number of rotatable bonds is 43. The Bertz CT molecular complexity index is 1270. The highest BCUT2D eigenvalue weighted by molar-refractivity contribution is 8.76. The molecule has 0 aliphatic heterocycles. The van der Waals surface area contributed by atoms with Crippen LogP contribution in [0.4, 0.5) is 0 Å². The van der Waals surface area contributed by atoms with Crippen molar-refractivity contribution >= 4 is 39.5 Å². The first-order valence-electron chi connectivity index (χ1n) is 21.8. The Morgan fingerprint density at radius 2 is 0.968 bits per heavy atom. The predicted molar refractivity (Wildman–Crippen MR) is 238 cm³/mol. The van der Waals surface area contributed by atoms with Crippen LogP contribution in [0.5, 0.6) is 0 Å². The zero-order chi connectivity index (χ0) is 45.6. The van der Waals surface area contributed by atoms with Gasteiger partial charge in [0.25, 0.3) is 0 Å². The molecule has 0 bridgehead atoms. The minimum absolute atomic E-state index is 0.0466. The summed E-state index contributed by atoms with van der Waals surface area (Å²) < 4.78 is 65.8. The van der Waals surface area contributed by atoms with E-state index < -0.39 is 34.2 Å². The molecule has 0 aliphatic rings. The Labute approximate surface area is 378 Å². The Kier molecular flexibility index (Phi) is 34.7. The van der Waals surface area contributed by atoms with Crippen molar-refractivity contribution in [2.45, 2.75) is 78.7 Å². The van der Waals surface area contributed by atoms with Crippen molar-refractivity contribution in [2.24, 2.45) is 16.2 Å². The third-order valence-corrected chi connectivity index (χ3v) is 11.6. The standard InChI is InChI=1S/C44H77NO15S2/c1-8-10-15-58-41(48)44(6,36-42(3,4)39(46)60-34-35-61-62-38-13-11-12-14-45-38)37-43(5,9-2)40(47)59-33-32-57-31-30-56-29-28-55-27-26-54-25-24-53-23-22-52-21-20-51-19-18-50-17-16-49-7/h11-14H,8-10,15-37H2,1-7H3. The summed E-state index contributed by atoms with van der Waals surface area (Å²) in [4.78, 5) is 44.8. The Balaban J connectivity index is 2.26. The summed E-state index contributed by atoms with van der Waals surface area (Å²) >= 11 is 0. The molecule has 0 spiro atoms. The van der Waals surface area contributed by atoms with Gasteiger partial charge in [-0.1, -0.05) is 37.1 Å². The Morgan fingerprint density at radius 1 is 0.532 bits per heavy atom. The van der Waals surface area contributed by atoms with Crippen LogP contribution >= 0.6 is 21.6 Å². The van der Waals surface area contributed by atoms with E-state index in [0.29, 0.717) is 124 Å². The molecule has 2 atom stereocenters. The van der Waals surface area contributed by atoms with Crippen LogP contribution in [0, 0.1) is 16.2 Å². The number of hydrogen-bond acceptors (Lipinski definition) is 18. The molecular formula is C44H77NO15S2. The van der Waals surface area contributed by atoms with Crippen molar-refractivity contribution in [3.05, 3.63) is 24.4 Å². The molecule has 1 aromatic rings. The topological polar surface area (TPSA) is 175 Å². The molecule has 1 heterocycles. The summed E-state index contributed by atoms with van der Waals surface area (Å²) in [6.07, 6.45) is 3.98. The molecule has 360 valence electrons. The normalized spacial score (nSPS) is 13.7. The monoisotopic (exact) mass is 923 g/mol. The summed E-state index contributed by atoms with van der Waals surface area (Å²) in [6.45, 7) is 19.2. The highest BCUT2D eigenvalue weighted by atomic mass is 33.1. The number of carbonyl (C=O) groups is 3. The summed E-state index contributed by atoms with van der Waals surface area (Å²) in [5, 5.41) is 0.876. The molecule has 1 rings (SSSR count). The maximum atomic E-state index is 13.7. The minimum atomic E-state index is -1.17. The van der Waals surface area contributed by atoms with Crippen LogP contribution in [0.3, 0.4) is 0 Å². The van der Waals surface area contributed by atoms with Crippen molar-refractivity contribution < 1.29 is 71.2 Å². The van der Waals surface area contributed by atoms with Crippen molar-refractivity contribution in [3.63, 3.8) is 0 Å². The average Bonchev–Trinajstić information content (AvgIpc) is 3.25. The maximum absolute atomic E-state index is 13.7. The number of esters is 3. The fourth-order valence-electron chi connectivity index (χ4n) is 5.95. The van der Waals surface area contributed by atoms with E-state index in [0.717, 1.165) is 11.4 Å². The lowest BCUT2D eigenvalue weighted by molar-refractivity contribution is -0.169. The number of unbranched alkanes of at least 4 members (excludes halogenated alkanes) is 1. The van der Waals surface area contributed by atoms with E-state index in [1.54, 1.807) is 51.8 Å². The molecule has 1 aromatic heterocycles. The first-order valence-corrected chi connectivity index (χ1v) is 24.1. The first-order chi connectivity index (χ1) is 29.9. The Hall–Kier alpha value is -2.10. The molecule has 0 amide bonds. The molecule has 0 aromatic carbocycles. The highest BCUT2D eigenvalue weighted by Gasteiger charge is 2.50. The van der Waals surface area contributed by atoms with E-state index in [-0.39, 0.29) is 39.3 Å². The number of ether oxygens (including phenoxy) is 12. The van der Waals surface area contributed by atoms with Gasteiger partial charge in [0.05, 0.1) is 135 Å². The largest absolute Gasteiger partial charge is 0.465 e. The second-order valence-corrected chi connectivity index (χ2v) is 17.9. The average molecular weight is 924 g/mol. The van der Waals surface area contributed by atoms with E-state index in [9.17, 15) is 14.4 Å². The quantitative estimate of drug-likeness (QED) is 0.0310. The van der Waals surface area contributed by atoms with Gasteiger partial charge in [0.1, 0.15) is 18.2 Å². The Morgan fingerprint density at radius 3 is 1.40 bits per heavy atom. The van der Waals surface area contributed by atoms with E-state index in [1.165, 1.54) is 10.8 Å². The zero-order valence-electron chi connectivity index (χ0n) is 38.6. The van der Waals surface area contributed by atoms with Gasteiger partial charge >= 0.3 is 17.9 Å². The molecule has 0 saturated carbocycles. The number of nitrogens with zero attached hydrogens (tertiary/aromatic N) is 1. The van der Waals surface area contributed by atoms with Gasteiger partial charge in [-0.3, -0.25) is 14.4 Å². The van der Waals surface area contributed by atoms with Crippen LogP contribution in [-0.2, 0) is 71.2 Å². The molecule has 0 N–H and O–H groups in total. The summed E-state index contributed by atoms with van der Waals surface area (Å²) in [5.74, 6) is -0.731. The lowest BCUT2D eigenvalue weighted by Crippen LogP contribution is -2.44. The SMILES string of the molecule is CCCCOC(=O)C(C)(CC(C)(C)C(=O)OCCSSc1ccccn1)CC(C)(CC)C(=O)OCCOCCOCCOCCOCCOCCOCCOCCOCCOC. The molecule has 16 nitrogen and oxygen atoms in total. The van der Waals surface area contributed by atoms with Gasteiger partial charge in [-0.15, -0.1) is 0 Å². The zero-order valence-corrected chi connectivity index (χ0v) is 40.2. The number of hydrogen-bond donors (Lipinski definition) is 0. The minimum Gasteiger partial charge on any atom is -0.465 e. The van der Waals surface area contributed by atoms with E-state index in [4.69, 9.17) is 56.8 Å². The van der Waals surface area contributed by atoms with Gasteiger partial charge in [0.15, 0.2) is 0 Å².